The van der Waals surface area contributed by atoms with Gasteiger partial charge in [-0.05, 0) is 56.5 Å². The Labute approximate surface area is 149 Å². The van der Waals surface area contributed by atoms with Crippen LogP contribution in [0.2, 0.25) is 0 Å². The normalized spacial score (nSPS) is 21.4. The van der Waals surface area contributed by atoms with Crippen LogP contribution in [0.1, 0.15) is 63.3 Å². The van der Waals surface area contributed by atoms with E-state index in [0.29, 0.717) is 23.4 Å². The fourth-order valence-electron chi connectivity index (χ4n) is 3.74. The van der Waals surface area contributed by atoms with Gasteiger partial charge in [0.25, 0.3) is 0 Å². The van der Waals surface area contributed by atoms with Crippen LogP contribution < -0.4 is 4.74 Å². The molecule has 2 N–H and O–H groups in total. The summed E-state index contributed by atoms with van der Waals surface area (Å²) < 4.78 is 6.12. The van der Waals surface area contributed by atoms with Crippen LogP contribution >= 0.6 is 0 Å². The van der Waals surface area contributed by atoms with Crippen LogP contribution in [0.15, 0.2) is 36.5 Å². The highest BCUT2D eigenvalue weighted by atomic mass is 16.5. The maximum atomic E-state index is 11.5. The second-order valence-electron chi connectivity index (χ2n) is 7.56. The molecule has 1 aliphatic rings. The lowest BCUT2D eigenvalue weighted by atomic mass is 9.77. The summed E-state index contributed by atoms with van der Waals surface area (Å²) in [6, 6.07) is 9.16. The SMILES string of the molecule is CCCCCc1cc(O)c2c(c1)OC(C)(C)CC2(O)c1ccccn1. The van der Waals surface area contributed by atoms with Crippen molar-refractivity contribution in [2.75, 3.05) is 0 Å². The zero-order valence-corrected chi connectivity index (χ0v) is 15.2. The van der Waals surface area contributed by atoms with E-state index in [2.05, 4.69) is 11.9 Å². The number of rotatable bonds is 5. The molecular weight excluding hydrogens is 314 g/mol. The summed E-state index contributed by atoms with van der Waals surface area (Å²) in [6.45, 7) is 6.07. The molecule has 1 aliphatic heterocycles. The first-order chi connectivity index (χ1) is 11.9. The number of unbranched alkanes of at least 4 members (excludes halogenated alkanes) is 2. The molecule has 134 valence electrons. The van der Waals surface area contributed by atoms with Gasteiger partial charge in [-0.2, -0.15) is 0 Å². The minimum Gasteiger partial charge on any atom is -0.507 e. The second-order valence-corrected chi connectivity index (χ2v) is 7.56. The molecule has 4 heteroatoms. The highest BCUT2D eigenvalue weighted by molar-refractivity contribution is 5.55. The van der Waals surface area contributed by atoms with E-state index in [1.807, 2.05) is 32.0 Å². The molecule has 0 fully saturated rings. The van der Waals surface area contributed by atoms with Crippen LogP contribution in [0.4, 0.5) is 0 Å². The number of benzene rings is 1. The minimum absolute atomic E-state index is 0.0765. The van der Waals surface area contributed by atoms with Crippen molar-refractivity contribution in [1.29, 1.82) is 0 Å². The lowest BCUT2D eigenvalue weighted by molar-refractivity contribution is -0.0418. The van der Waals surface area contributed by atoms with Gasteiger partial charge in [0, 0.05) is 12.6 Å². The Morgan fingerprint density at radius 2 is 2.00 bits per heavy atom. The van der Waals surface area contributed by atoms with Gasteiger partial charge in [0.2, 0.25) is 0 Å². The van der Waals surface area contributed by atoms with Gasteiger partial charge in [-0.15, -0.1) is 0 Å². The molecule has 1 atom stereocenters. The van der Waals surface area contributed by atoms with Crippen LogP contribution in [0, 0.1) is 0 Å². The molecule has 1 unspecified atom stereocenters. The van der Waals surface area contributed by atoms with E-state index in [9.17, 15) is 10.2 Å². The van der Waals surface area contributed by atoms with E-state index in [0.717, 1.165) is 31.2 Å². The standard InChI is InChI=1S/C21H27NO3/c1-4-5-6-9-15-12-16(23)19-17(13-15)25-20(2,3)14-21(19,24)18-10-7-8-11-22-18/h7-8,10-13,23-24H,4-6,9,14H2,1-3H3. The van der Waals surface area contributed by atoms with Gasteiger partial charge in [0.15, 0.2) is 0 Å². The van der Waals surface area contributed by atoms with E-state index in [-0.39, 0.29) is 5.75 Å². The summed E-state index contributed by atoms with van der Waals surface area (Å²) in [5, 5.41) is 22.2. The molecule has 0 spiro atoms. The lowest BCUT2D eigenvalue weighted by Gasteiger charge is -2.43. The third-order valence-electron chi connectivity index (χ3n) is 4.78. The summed E-state index contributed by atoms with van der Waals surface area (Å²) in [6.07, 6.45) is 6.25. The average Bonchev–Trinajstić information content (AvgIpc) is 2.54. The van der Waals surface area contributed by atoms with Crippen LogP contribution in [0.3, 0.4) is 0 Å². The van der Waals surface area contributed by atoms with Crippen molar-refractivity contribution >= 4 is 0 Å². The van der Waals surface area contributed by atoms with Crippen molar-refractivity contribution in [3.8, 4) is 11.5 Å². The number of aliphatic hydroxyl groups is 1. The number of pyridine rings is 1. The molecular formula is C21H27NO3. The third kappa shape index (κ3) is 3.49. The van der Waals surface area contributed by atoms with Gasteiger partial charge in [0.1, 0.15) is 22.7 Å². The van der Waals surface area contributed by atoms with Crippen molar-refractivity contribution in [3.05, 3.63) is 53.3 Å². The van der Waals surface area contributed by atoms with Gasteiger partial charge >= 0.3 is 0 Å². The van der Waals surface area contributed by atoms with E-state index in [4.69, 9.17) is 4.74 Å². The van der Waals surface area contributed by atoms with Crippen molar-refractivity contribution in [2.24, 2.45) is 0 Å². The zero-order chi connectivity index (χ0) is 18.1. The first kappa shape index (κ1) is 17.7. The number of phenols is 1. The number of phenolic OH excluding ortho intramolecular Hbond substituents is 1. The summed E-state index contributed by atoms with van der Waals surface area (Å²) in [5.74, 6) is 0.628. The Hall–Kier alpha value is -2.07. The molecule has 0 radical (unpaired) electrons. The number of nitrogens with zero attached hydrogens (tertiary/aromatic N) is 1. The Morgan fingerprint density at radius 3 is 2.68 bits per heavy atom. The number of ether oxygens (including phenoxy) is 1. The molecule has 4 nitrogen and oxygen atoms in total. The number of aryl methyl sites for hydroxylation is 1. The zero-order valence-electron chi connectivity index (χ0n) is 15.2. The van der Waals surface area contributed by atoms with E-state index < -0.39 is 11.2 Å². The molecule has 0 aliphatic carbocycles. The molecule has 2 heterocycles. The largest absolute Gasteiger partial charge is 0.507 e. The Kier molecular flexibility index (Phi) is 4.74. The summed E-state index contributed by atoms with van der Waals surface area (Å²) >= 11 is 0. The third-order valence-corrected chi connectivity index (χ3v) is 4.78. The molecule has 0 bridgehead atoms. The fourth-order valence-corrected chi connectivity index (χ4v) is 3.74. The monoisotopic (exact) mass is 341 g/mol. The smallest absolute Gasteiger partial charge is 0.142 e. The molecule has 1 aromatic carbocycles. The van der Waals surface area contributed by atoms with Gasteiger partial charge in [-0.3, -0.25) is 4.98 Å². The van der Waals surface area contributed by atoms with Crippen molar-refractivity contribution in [3.63, 3.8) is 0 Å². The van der Waals surface area contributed by atoms with Gasteiger partial charge in [0.05, 0.1) is 11.3 Å². The van der Waals surface area contributed by atoms with Crippen molar-refractivity contribution < 1.29 is 14.9 Å². The maximum Gasteiger partial charge on any atom is 0.142 e. The number of aromatic hydroxyl groups is 1. The summed E-state index contributed by atoms with van der Waals surface area (Å²) in [4.78, 5) is 4.35. The van der Waals surface area contributed by atoms with Crippen LogP contribution in [0.25, 0.3) is 0 Å². The Bertz CT molecular complexity index is 742. The summed E-state index contributed by atoms with van der Waals surface area (Å²) in [5.41, 5.74) is 0.0511. The van der Waals surface area contributed by atoms with Crippen LogP contribution in [-0.2, 0) is 12.0 Å². The first-order valence-electron chi connectivity index (χ1n) is 9.05. The minimum atomic E-state index is -1.37. The molecule has 0 saturated heterocycles. The van der Waals surface area contributed by atoms with Crippen molar-refractivity contribution in [2.45, 2.75) is 64.1 Å². The number of fused-ring (bicyclic) bond motifs is 1. The molecule has 3 rings (SSSR count). The number of aromatic nitrogens is 1. The van der Waals surface area contributed by atoms with Crippen LogP contribution in [-0.4, -0.2) is 20.8 Å². The average molecular weight is 341 g/mol. The van der Waals surface area contributed by atoms with Gasteiger partial charge < -0.3 is 14.9 Å². The van der Waals surface area contributed by atoms with Crippen molar-refractivity contribution in [1.82, 2.24) is 4.98 Å². The van der Waals surface area contributed by atoms with E-state index >= 15 is 0 Å². The van der Waals surface area contributed by atoms with E-state index in [1.165, 1.54) is 0 Å². The Balaban J connectivity index is 2.08. The quantitative estimate of drug-likeness (QED) is 0.795. The topological polar surface area (TPSA) is 62.6 Å². The molecule has 1 aromatic heterocycles. The molecule has 2 aromatic rings. The molecule has 0 saturated carbocycles. The lowest BCUT2D eigenvalue weighted by Crippen LogP contribution is -2.45. The first-order valence-corrected chi connectivity index (χ1v) is 9.05. The van der Waals surface area contributed by atoms with E-state index in [1.54, 1.807) is 18.3 Å². The number of hydrogen-bond donors (Lipinski definition) is 2. The Morgan fingerprint density at radius 1 is 1.20 bits per heavy atom. The van der Waals surface area contributed by atoms with Gasteiger partial charge in [-0.25, -0.2) is 0 Å². The predicted molar refractivity (Wildman–Crippen MR) is 97.9 cm³/mol. The summed E-state index contributed by atoms with van der Waals surface area (Å²) in [7, 11) is 0. The predicted octanol–water partition coefficient (Wildman–Crippen LogP) is 4.32. The fraction of sp³-hybridized carbons (Fsp3) is 0.476. The van der Waals surface area contributed by atoms with Crippen LogP contribution in [0.5, 0.6) is 11.5 Å². The molecule has 25 heavy (non-hydrogen) atoms. The number of hydrogen-bond acceptors (Lipinski definition) is 4. The van der Waals surface area contributed by atoms with Gasteiger partial charge in [-0.1, -0.05) is 25.8 Å². The maximum absolute atomic E-state index is 11.5. The molecule has 0 amide bonds. The highest BCUT2D eigenvalue weighted by Gasteiger charge is 2.48. The second kappa shape index (κ2) is 6.68. The highest BCUT2D eigenvalue weighted by Crippen LogP contribution is 2.50.